The fraction of sp³-hybridized carbons (Fsp3) is 0.320. The second-order valence-electron chi connectivity index (χ2n) is 7.84. The minimum atomic E-state index is -0.471. The number of rotatable bonds is 7. The molecule has 1 fully saturated rings. The Morgan fingerprint density at radius 2 is 1.88 bits per heavy atom. The van der Waals surface area contributed by atoms with E-state index in [1.165, 1.54) is 17.6 Å². The van der Waals surface area contributed by atoms with Crippen molar-refractivity contribution in [3.8, 4) is 16.2 Å². The number of nitrogens with one attached hydrogen (secondary N) is 1. The maximum atomic E-state index is 13.0. The van der Waals surface area contributed by atoms with Gasteiger partial charge >= 0.3 is 5.97 Å². The van der Waals surface area contributed by atoms with Crippen molar-refractivity contribution in [2.45, 2.75) is 19.8 Å². The monoisotopic (exact) mass is 482 g/mol. The molecule has 1 N–H and O–H groups in total. The van der Waals surface area contributed by atoms with Gasteiger partial charge in [-0.2, -0.15) is 0 Å². The fourth-order valence-corrected chi connectivity index (χ4v) is 4.88. The van der Waals surface area contributed by atoms with Gasteiger partial charge in [0.2, 0.25) is 5.91 Å². The first-order valence-corrected chi connectivity index (χ1v) is 11.9. The van der Waals surface area contributed by atoms with E-state index in [0.29, 0.717) is 42.3 Å². The summed E-state index contributed by atoms with van der Waals surface area (Å²) in [7, 11) is 1.60. The predicted molar refractivity (Wildman–Crippen MR) is 128 cm³/mol. The van der Waals surface area contributed by atoms with Gasteiger partial charge in [0, 0.05) is 23.9 Å². The minimum absolute atomic E-state index is 0.171. The van der Waals surface area contributed by atoms with Gasteiger partial charge in [-0.1, -0.05) is 0 Å². The van der Waals surface area contributed by atoms with Crippen LogP contribution in [0.3, 0.4) is 0 Å². The van der Waals surface area contributed by atoms with Crippen LogP contribution < -0.4 is 10.1 Å². The lowest BCUT2D eigenvalue weighted by atomic mass is 9.95. The van der Waals surface area contributed by atoms with Crippen LogP contribution in [0.4, 0.5) is 5.69 Å². The van der Waals surface area contributed by atoms with Crippen molar-refractivity contribution in [2.75, 3.05) is 32.1 Å². The molecule has 8 nitrogen and oxygen atoms in total. The molecule has 1 aliphatic rings. The molecule has 3 aromatic rings. The number of ether oxygens (including phenoxy) is 2. The molecule has 0 saturated carbocycles. The smallest absolute Gasteiger partial charge is 0.350 e. The molecule has 0 unspecified atom stereocenters. The molecule has 0 bridgehead atoms. The van der Waals surface area contributed by atoms with Gasteiger partial charge in [-0.3, -0.25) is 9.59 Å². The third-order valence-electron chi connectivity index (χ3n) is 5.71. The van der Waals surface area contributed by atoms with Gasteiger partial charge in [-0.05, 0) is 67.8 Å². The molecule has 0 atom stereocenters. The van der Waals surface area contributed by atoms with Gasteiger partial charge in [0.25, 0.3) is 5.91 Å². The molecule has 1 saturated heterocycles. The van der Waals surface area contributed by atoms with Crippen LogP contribution in [0.25, 0.3) is 10.4 Å². The number of esters is 1. The van der Waals surface area contributed by atoms with Crippen molar-refractivity contribution >= 4 is 34.8 Å². The summed E-state index contributed by atoms with van der Waals surface area (Å²) in [5, 5.41) is 2.93. The molecule has 4 rings (SSSR count). The number of hydrogen-bond acceptors (Lipinski definition) is 7. The standard InChI is InChI=1S/C25H26N2O6S/c1-3-32-25(30)22-19(15-21(34-22)16-6-8-18(31-2)9-7-16)26-23(28)17-10-12-27(13-11-17)24(29)20-5-4-14-33-20/h4-9,14-15,17H,3,10-13H2,1-2H3,(H,26,28). The maximum absolute atomic E-state index is 13.0. The summed E-state index contributed by atoms with van der Waals surface area (Å²) >= 11 is 1.27. The number of methoxy groups -OCH3 is 1. The molecule has 178 valence electrons. The first-order chi connectivity index (χ1) is 16.5. The van der Waals surface area contributed by atoms with Crippen LogP contribution >= 0.6 is 11.3 Å². The number of anilines is 1. The molecule has 1 aromatic carbocycles. The number of carbonyl (C=O) groups is 3. The van der Waals surface area contributed by atoms with Gasteiger partial charge in [0.1, 0.15) is 10.6 Å². The highest BCUT2D eigenvalue weighted by Gasteiger charge is 2.30. The van der Waals surface area contributed by atoms with Gasteiger partial charge < -0.3 is 24.1 Å². The van der Waals surface area contributed by atoms with Crippen molar-refractivity contribution in [3.05, 3.63) is 59.4 Å². The minimum Gasteiger partial charge on any atom is -0.497 e. The van der Waals surface area contributed by atoms with E-state index < -0.39 is 5.97 Å². The number of amides is 2. The first-order valence-electron chi connectivity index (χ1n) is 11.1. The Hall–Kier alpha value is -3.59. The van der Waals surface area contributed by atoms with E-state index in [4.69, 9.17) is 13.9 Å². The zero-order chi connectivity index (χ0) is 24.1. The van der Waals surface area contributed by atoms with Gasteiger partial charge in [-0.25, -0.2) is 4.79 Å². The summed E-state index contributed by atoms with van der Waals surface area (Å²) < 4.78 is 15.6. The summed E-state index contributed by atoms with van der Waals surface area (Å²) in [5.74, 6) is -0.0470. The zero-order valence-corrected chi connectivity index (χ0v) is 19.9. The summed E-state index contributed by atoms with van der Waals surface area (Å²) in [5.41, 5.74) is 1.34. The first kappa shape index (κ1) is 23.6. The number of nitrogens with zero attached hydrogens (tertiary/aromatic N) is 1. The third kappa shape index (κ3) is 5.14. The molecule has 0 aliphatic carbocycles. The number of hydrogen-bond donors (Lipinski definition) is 1. The third-order valence-corrected chi connectivity index (χ3v) is 6.87. The highest BCUT2D eigenvalue weighted by Crippen LogP contribution is 2.36. The number of carbonyl (C=O) groups excluding carboxylic acids is 3. The van der Waals surface area contributed by atoms with E-state index in [9.17, 15) is 14.4 Å². The van der Waals surface area contributed by atoms with Crippen LogP contribution in [0, 0.1) is 5.92 Å². The molecule has 0 spiro atoms. The highest BCUT2D eigenvalue weighted by atomic mass is 32.1. The predicted octanol–water partition coefficient (Wildman–Crippen LogP) is 4.68. The number of likely N-dealkylation sites (tertiary alicyclic amines) is 1. The Morgan fingerprint density at radius 3 is 2.50 bits per heavy atom. The average Bonchev–Trinajstić information content (AvgIpc) is 3.55. The lowest BCUT2D eigenvalue weighted by molar-refractivity contribution is -0.121. The summed E-state index contributed by atoms with van der Waals surface area (Å²) in [4.78, 5) is 40.9. The SMILES string of the molecule is CCOC(=O)c1sc(-c2ccc(OC)cc2)cc1NC(=O)C1CCN(C(=O)c2ccco2)CC1. The summed E-state index contributed by atoms with van der Waals surface area (Å²) in [6.45, 7) is 2.91. The molecule has 3 heterocycles. The molecule has 2 aromatic heterocycles. The number of benzene rings is 1. The van der Waals surface area contributed by atoms with Crippen LogP contribution in [0.5, 0.6) is 5.75 Å². The molecular formula is C25H26N2O6S. The molecule has 1 aliphatic heterocycles. The molecule has 0 radical (unpaired) electrons. The van der Waals surface area contributed by atoms with Crippen LogP contribution in [-0.2, 0) is 9.53 Å². The Bertz CT molecular complexity index is 1140. The van der Waals surface area contributed by atoms with Crippen molar-refractivity contribution in [1.29, 1.82) is 0 Å². The van der Waals surface area contributed by atoms with Gasteiger partial charge in [0.05, 0.1) is 25.7 Å². The normalized spacial score (nSPS) is 14.0. The second-order valence-corrected chi connectivity index (χ2v) is 8.89. The molecular weight excluding hydrogens is 456 g/mol. The van der Waals surface area contributed by atoms with Crippen molar-refractivity contribution in [1.82, 2.24) is 4.90 Å². The van der Waals surface area contributed by atoms with Crippen molar-refractivity contribution in [2.24, 2.45) is 5.92 Å². The second kappa shape index (κ2) is 10.6. The Labute approximate surface area is 201 Å². The van der Waals surface area contributed by atoms with Crippen molar-refractivity contribution < 1.29 is 28.3 Å². The lowest BCUT2D eigenvalue weighted by Gasteiger charge is -2.30. The van der Waals surface area contributed by atoms with E-state index in [-0.39, 0.29) is 24.3 Å². The van der Waals surface area contributed by atoms with Gasteiger partial charge in [-0.15, -0.1) is 11.3 Å². The number of thiophene rings is 1. The van der Waals surface area contributed by atoms with Gasteiger partial charge in [0.15, 0.2) is 5.76 Å². The fourth-order valence-electron chi connectivity index (χ4n) is 3.87. The molecule has 34 heavy (non-hydrogen) atoms. The molecule has 9 heteroatoms. The summed E-state index contributed by atoms with van der Waals surface area (Å²) in [6.07, 6.45) is 2.53. The maximum Gasteiger partial charge on any atom is 0.350 e. The number of furan rings is 1. The average molecular weight is 483 g/mol. The highest BCUT2D eigenvalue weighted by molar-refractivity contribution is 7.18. The quantitative estimate of drug-likeness (QED) is 0.491. The zero-order valence-electron chi connectivity index (χ0n) is 19.0. The van der Waals surface area contributed by atoms with Crippen molar-refractivity contribution in [3.63, 3.8) is 0 Å². The summed E-state index contributed by atoms with van der Waals surface area (Å²) in [6, 6.07) is 12.6. The topological polar surface area (TPSA) is 98.1 Å². The number of piperidine rings is 1. The van der Waals surface area contributed by atoms with Crippen LogP contribution in [0.15, 0.2) is 53.1 Å². The Kier molecular flexibility index (Phi) is 7.32. The van der Waals surface area contributed by atoms with E-state index in [1.807, 2.05) is 24.3 Å². The Balaban J connectivity index is 1.46. The van der Waals surface area contributed by atoms with Crippen LogP contribution in [-0.4, -0.2) is 49.5 Å². The largest absolute Gasteiger partial charge is 0.497 e. The van der Waals surface area contributed by atoms with Crippen LogP contribution in [0.2, 0.25) is 0 Å². The van der Waals surface area contributed by atoms with E-state index >= 15 is 0 Å². The van der Waals surface area contributed by atoms with E-state index in [2.05, 4.69) is 5.32 Å². The van der Waals surface area contributed by atoms with E-state index in [1.54, 1.807) is 37.1 Å². The molecule has 2 amide bonds. The lowest BCUT2D eigenvalue weighted by Crippen LogP contribution is -2.41. The van der Waals surface area contributed by atoms with E-state index in [0.717, 1.165) is 16.2 Å². The Morgan fingerprint density at radius 1 is 1.15 bits per heavy atom. The van der Waals surface area contributed by atoms with Crippen LogP contribution in [0.1, 0.15) is 40.0 Å².